The second-order valence-electron chi connectivity index (χ2n) is 17.0. The van der Waals surface area contributed by atoms with Crippen molar-refractivity contribution >= 4 is 11.0 Å². The number of para-hydroxylation sites is 1. The monoisotopic (exact) mass is 816 g/mol. The van der Waals surface area contributed by atoms with E-state index in [-0.39, 0.29) is 22.9 Å². The van der Waals surface area contributed by atoms with Gasteiger partial charge in [-0.25, -0.2) is 4.98 Å². The van der Waals surface area contributed by atoms with Gasteiger partial charge < -0.3 is 4.74 Å². The van der Waals surface area contributed by atoms with Crippen LogP contribution in [-0.4, -0.2) is 21.6 Å². The standard InChI is InChI=1S/C58H53N3O/c1-37(2)48-35-50(42-23-16-11-17-24-42)54(36-49(48)41-21-14-10-15-22-41)61-53-26-18-25-47(55(53)60-57(61)51-30-38(3)29-39(4)56(51)62-8)44-31-45(33-46(32-44)58(5,6)7)52-34-43(27-28-59-52)40-19-12-9-13-20-40/h9-37H,1-8H3/i9D,12D,13D,19D,20D,27D,28D,34D,37D. The van der Waals surface area contributed by atoms with Crippen LogP contribution in [0.15, 0.2) is 170 Å². The molecule has 4 heteroatoms. The van der Waals surface area contributed by atoms with Crippen LogP contribution < -0.4 is 4.74 Å². The molecule has 0 spiro atoms. The number of rotatable bonds is 9. The van der Waals surface area contributed by atoms with Gasteiger partial charge >= 0.3 is 0 Å². The number of hydrogen-bond acceptors (Lipinski definition) is 3. The van der Waals surface area contributed by atoms with Crippen molar-refractivity contribution in [2.75, 3.05) is 7.11 Å². The van der Waals surface area contributed by atoms with E-state index in [2.05, 4.69) is 91.8 Å². The molecule has 0 aliphatic heterocycles. The lowest BCUT2D eigenvalue weighted by molar-refractivity contribution is 0.413. The zero-order valence-electron chi connectivity index (χ0n) is 45.3. The minimum Gasteiger partial charge on any atom is -0.496 e. The fourth-order valence-electron chi connectivity index (χ4n) is 8.35. The van der Waals surface area contributed by atoms with E-state index in [0.29, 0.717) is 22.7 Å². The third kappa shape index (κ3) is 7.62. The van der Waals surface area contributed by atoms with E-state index in [1.165, 1.54) is 0 Å². The maximum Gasteiger partial charge on any atom is 0.149 e. The Morgan fingerprint density at radius 1 is 0.645 bits per heavy atom. The predicted molar refractivity (Wildman–Crippen MR) is 260 cm³/mol. The summed E-state index contributed by atoms with van der Waals surface area (Å²) in [5.41, 5.74) is 11.4. The number of aromatic nitrogens is 3. The lowest BCUT2D eigenvalue weighted by atomic mass is 9.83. The van der Waals surface area contributed by atoms with Gasteiger partial charge in [-0.3, -0.25) is 9.55 Å². The van der Waals surface area contributed by atoms with Gasteiger partial charge in [-0.2, -0.15) is 0 Å². The minimum atomic E-state index is -0.974. The Kier molecular flexibility index (Phi) is 8.19. The van der Waals surface area contributed by atoms with Crippen molar-refractivity contribution in [1.82, 2.24) is 14.5 Å². The van der Waals surface area contributed by atoms with Crippen molar-refractivity contribution in [3.8, 4) is 78.6 Å². The highest BCUT2D eigenvalue weighted by Crippen LogP contribution is 2.45. The minimum absolute atomic E-state index is 0.0249. The summed E-state index contributed by atoms with van der Waals surface area (Å²) < 4.78 is 87.6. The molecule has 0 saturated heterocycles. The molecule has 0 atom stereocenters. The summed E-state index contributed by atoms with van der Waals surface area (Å²) in [5, 5.41) is 0. The van der Waals surface area contributed by atoms with Crippen molar-refractivity contribution < 1.29 is 17.1 Å². The lowest BCUT2D eigenvalue weighted by Crippen LogP contribution is -2.11. The molecule has 62 heavy (non-hydrogen) atoms. The number of pyridine rings is 1. The first kappa shape index (κ1) is 30.9. The van der Waals surface area contributed by atoms with Gasteiger partial charge in [0.15, 0.2) is 0 Å². The van der Waals surface area contributed by atoms with Crippen molar-refractivity contribution in [2.24, 2.45) is 0 Å². The van der Waals surface area contributed by atoms with Gasteiger partial charge in [0.1, 0.15) is 11.6 Å². The van der Waals surface area contributed by atoms with Gasteiger partial charge in [-0.1, -0.05) is 150 Å². The number of benzene rings is 7. The van der Waals surface area contributed by atoms with E-state index in [0.717, 1.165) is 72.4 Å². The van der Waals surface area contributed by atoms with Crippen molar-refractivity contribution in [2.45, 2.75) is 59.8 Å². The molecule has 4 nitrogen and oxygen atoms in total. The molecule has 2 heterocycles. The Balaban J connectivity index is 1.39. The zero-order chi connectivity index (χ0) is 51.0. The van der Waals surface area contributed by atoms with Crippen LogP contribution in [0.5, 0.6) is 5.75 Å². The fourth-order valence-corrected chi connectivity index (χ4v) is 8.35. The van der Waals surface area contributed by atoms with Crippen LogP contribution in [0.25, 0.3) is 83.9 Å². The number of imidazole rings is 1. The van der Waals surface area contributed by atoms with Gasteiger partial charge in [0.25, 0.3) is 0 Å². The Labute approximate surface area is 379 Å². The smallest absolute Gasteiger partial charge is 0.149 e. The van der Waals surface area contributed by atoms with E-state index in [1.54, 1.807) is 7.11 Å². The highest BCUT2D eigenvalue weighted by Gasteiger charge is 2.26. The van der Waals surface area contributed by atoms with Gasteiger partial charge in [0.2, 0.25) is 0 Å². The molecule has 2 aromatic heterocycles. The number of hydrogen-bond donors (Lipinski definition) is 0. The van der Waals surface area contributed by atoms with Crippen LogP contribution in [0.4, 0.5) is 0 Å². The van der Waals surface area contributed by atoms with Crippen molar-refractivity contribution in [3.63, 3.8) is 0 Å². The summed E-state index contributed by atoms with van der Waals surface area (Å²) in [7, 11) is 1.67. The largest absolute Gasteiger partial charge is 0.496 e. The van der Waals surface area contributed by atoms with Crippen LogP contribution in [0.3, 0.4) is 0 Å². The second-order valence-corrected chi connectivity index (χ2v) is 17.0. The number of methoxy groups -OCH3 is 1. The number of fused-ring (bicyclic) bond motifs is 1. The Bertz CT molecular complexity index is 3570. The number of ether oxygens (including phenoxy) is 1. The van der Waals surface area contributed by atoms with E-state index in [4.69, 9.17) is 19.3 Å². The normalized spacial score (nSPS) is 13.9. The summed E-state index contributed by atoms with van der Waals surface area (Å²) in [4.78, 5) is 10.1. The van der Waals surface area contributed by atoms with Gasteiger partial charge in [-0.15, -0.1) is 0 Å². The molecule has 0 N–H and O–H groups in total. The van der Waals surface area contributed by atoms with Crippen LogP contribution in [-0.2, 0) is 5.41 Å². The first-order valence-electron chi connectivity index (χ1n) is 25.3. The van der Waals surface area contributed by atoms with E-state index >= 15 is 0 Å². The summed E-state index contributed by atoms with van der Waals surface area (Å²) in [6, 6.07) is 36.9. The highest BCUT2D eigenvalue weighted by molar-refractivity contribution is 5.98. The Morgan fingerprint density at radius 2 is 1.34 bits per heavy atom. The van der Waals surface area contributed by atoms with Crippen molar-refractivity contribution in [3.05, 3.63) is 192 Å². The molecular weight excluding hydrogens is 755 g/mol. The first-order chi connectivity index (χ1) is 33.6. The summed E-state index contributed by atoms with van der Waals surface area (Å²) >= 11 is 0. The topological polar surface area (TPSA) is 39.9 Å². The second kappa shape index (κ2) is 16.4. The molecule has 9 rings (SSSR count). The van der Waals surface area contributed by atoms with Crippen LogP contribution in [0.1, 0.15) is 75.1 Å². The summed E-state index contributed by atoms with van der Waals surface area (Å²) in [5.74, 6) is 0.325. The average Bonchev–Trinajstić information content (AvgIpc) is 3.74. The summed E-state index contributed by atoms with van der Waals surface area (Å²) in [6.07, 6.45) is -0.502. The van der Waals surface area contributed by atoms with Crippen LogP contribution in [0, 0.1) is 13.8 Å². The Morgan fingerprint density at radius 3 is 2.02 bits per heavy atom. The van der Waals surface area contributed by atoms with Crippen LogP contribution in [0.2, 0.25) is 0 Å². The zero-order valence-corrected chi connectivity index (χ0v) is 36.3. The van der Waals surface area contributed by atoms with Crippen LogP contribution >= 0.6 is 0 Å². The molecule has 0 bridgehead atoms. The molecule has 0 amide bonds. The number of nitrogens with zero attached hydrogens (tertiary/aromatic N) is 3. The Hall–Kier alpha value is -7.04. The predicted octanol–water partition coefficient (Wildman–Crippen LogP) is 15.5. The maximum atomic E-state index is 9.56. The first-order valence-corrected chi connectivity index (χ1v) is 20.8. The van der Waals surface area contributed by atoms with Gasteiger partial charge in [-0.05, 0) is 129 Å². The average molecular weight is 817 g/mol. The maximum absolute atomic E-state index is 9.56. The molecule has 7 aromatic carbocycles. The summed E-state index contributed by atoms with van der Waals surface area (Å²) in [6.45, 7) is 14.1. The molecule has 0 aliphatic carbocycles. The molecule has 306 valence electrons. The quantitative estimate of drug-likeness (QED) is 0.146. The van der Waals surface area contributed by atoms with E-state index in [1.807, 2.05) is 87.5 Å². The number of aryl methyl sites for hydroxylation is 2. The van der Waals surface area contributed by atoms with Crippen molar-refractivity contribution in [1.29, 1.82) is 0 Å². The highest BCUT2D eigenvalue weighted by atomic mass is 16.5. The molecule has 0 unspecified atom stereocenters. The van der Waals surface area contributed by atoms with E-state index in [9.17, 15) is 2.74 Å². The molecule has 0 fully saturated rings. The third-order valence-electron chi connectivity index (χ3n) is 11.4. The molecular formula is C58H53N3O. The van der Waals surface area contributed by atoms with E-state index < -0.39 is 53.7 Å². The van der Waals surface area contributed by atoms with Gasteiger partial charge in [0.05, 0.1) is 46.1 Å². The third-order valence-corrected chi connectivity index (χ3v) is 11.4. The molecule has 0 saturated carbocycles. The fraction of sp³-hybridized carbons (Fsp3) is 0.172. The van der Waals surface area contributed by atoms with Gasteiger partial charge in [0, 0.05) is 24.2 Å². The molecule has 0 aliphatic rings. The molecule has 9 aromatic rings. The lowest BCUT2D eigenvalue weighted by Gasteiger charge is -2.22. The SMILES string of the molecule is [2H]c1nc(-c2cc(-c3cccc4c3nc(-c3cc(C)cc(C)c3OC)n4-c3cc(-c4ccccc4)c(C([2H])(C)C)cc3-c3ccccc3)cc(C(C)(C)C)c2)c([2H])c(-c2c([2H])c([2H])c([2H])c([2H])c2[2H])c1[2H]. The molecule has 0 radical (unpaired) electrons.